The fourth-order valence-electron chi connectivity index (χ4n) is 8.55. The first-order valence-corrected chi connectivity index (χ1v) is 18.8. The monoisotopic (exact) mass is 706 g/mol. The minimum absolute atomic E-state index is 0.114. The molecule has 0 amide bonds. The van der Waals surface area contributed by atoms with Crippen LogP contribution in [0.15, 0.2) is 121 Å². The summed E-state index contributed by atoms with van der Waals surface area (Å²) >= 11 is 0. The highest BCUT2D eigenvalue weighted by Crippen LogP contribution is 2.58. The fourth-order valence-corrected chi connectivity index (χ4v) is 8.55. The summed E-state index contributed by atoms with van der Waals surface area (Å²) in [5.41, 5.74) is 7.08. The maximum atomic E-state index is 6.46. The van der Waals surface area contributed by atoms with Crippen LogP contribution in [0.25, 0.3) is 32.7 Å². The summed E-state index contributed by atoms with van der Waals surface area (Å²) in [4.78, 5) is 0. The van der Waals surface area contributed by atoms with Crippen molar-refractivity contribution in [2.45, 2.75) is 19.3 Å². The largest absolute Gasteiger partial charge is 0.491 e. The van der Waals surface area contributed by atoms with E-state index in [9.17, 15) is 0 Å². The van der Waals surface area contributed by atoms with Crippen LogP contribution in [-0.2, 0) is 24.4 Å². The van der Waals surface area contributed by atoms with Gasteiger partial charge in [0.2, 0.25) is 0 Å². The van der Waals surface area contributed by atoms with Crippen LogP contribution in [0.4, 0.5) is 0 Å². The first-order chi connectivity index (χ1) is 26.0. The molecule has 6 heteroatoms. The number of hydrogen-bond donors (Lipinski definition) is 0. The van der Waals surface area contributed by atoms with Gasteiger partial charge in [-0.05, 0) is 56.3 Å². The van der Waals surface area contributed by atoms with Crippen molar-refractivity contribution in [1.29, 1.82) is 0 Å². The lowest BCUT2D eigenvalue weighted by Gasteiger charge is -2.37. The van der Waals surface area contributed by atoms with E-state index >= 15 is 0 Å². The molecule has 2 aliphatic heterocycles. The van der Waals surface area contributed by atoms with Gasteiger partial charge in [0.1, 0.15) is 24.7 Å². The third-order valence-corrected chi connectivity index (χ3v) is 11.2. The van der Waals surface area contributed by atoms with Gasteiger partial charge in [-0.2, -0.15) is 0 Å². The number of hydrogen-bond acceptors (Lipinski definition) is 6. The van der Waals surface area contributed by atoms with Crippen molar-refractivity contribution in [2.24, 2.45) is 10.8 Å². The molecular weight excluding hydrogens is 661 g/mol. The van der Waals surface area contributed by atoms with E-state index in [1.165, 1.54) is 33.4 Å². The summed E-state index contributed by atoms with van der Waals surface area (Å²) in [5.74, 6) is 1.71. The molecule has 0 atom stereocenters. The minimum atomic E-state index is -0.615. The van der Waals surface area contributed by atoms with Crippen LogP contribution >= 0.6 is 0 Å². The van der Waals surface area contributed by atoms with Gasteiger partial charge in [0.25, 0.3) is 0 Å². The number of rotatable bonds is 14. The number of benzene rings is 6. The Morgan fingerprint density at radius 1 is 0.434 bits per heavy atom. The quantitative estimate of drug-likeness (QED) is 0.105. The van der Waals surface area contributed by atoms with E-state index in [0.29, 0.717) is 39.6 Å². The maximum Gasteiger partial charge on any atom is 0.127 e. The first-order valence-electron chi connectivity index (χ1n) is 18.8. The Labute approximate surface area is 311 Å². The molecule has 0 bridgehead atoms. The van der Waals surface area contributed by atoms with Crippen LogP contribution < -0.4 is 9.47 Å². The SMILES string of the molecule is CC1(COCCOc2cccc3c(C4(c5cccc6c(OCCOCC7(C)COC7)cccc56)c5ccccc5-c5ccccc54)cccc23)COC1. The molecule has 2 saturated heterocycles. The Kier molecular flexibility index (Phi) is 8.95. The Morgan fingerprint density at radius 2 is 0.830 bits per heavy atom. The standard InChI is InChI=1S/C47H46O6/c1-45(29-50-30-45)27-48-23-25-52-43-21-9-13-35-37(43)15-7-19-41(35)47(39-17-5-3-11-33(39)34-12-4-6-18-40(34)47)42-20-8-16-38-36(42)14-10-22-44(38)53-26-24-49-28-46(2)31-51-32-46/h3-22H,23-32H2,1-2H3. The van der Waals surface area contributed by atoms with Crippen LogP contribution in [0.3, 0.4) is 0 Å². The van der Waals surface area contributed by atoms with Gasteiger partial charge in [-0.25, -0.2) is 0 Å². The predicted octanol–water partition coefficient (Wildman–Crippen LogP) is 9.22. The number of fused-ring (bicyclic) bond motifs is 5. The second kappa shape index (κ2) is 13.9. The summed E-state index contributed by atoms with van der Waals surface area (Å²) in [6, 6.07) is 44.0. The summed E-state index contributed by atoms with van der Waals surface area (Å²) in [6.45, 7) is 10.8. The molecule has 0 unspecified atom stereocenters. The van der Waals surface area contributed by atoms with Gasteiger partial charge in [-0.15, -0.1) is 0 Å². The summed E-state index contributed by atoms with van der Waals surface area (Å²) in [5, 5.41) is 4.47. The lowest BCUT2D eigenvalue weighted by atomic mass is 9.65. The smallest absolute Gasteiger partial charge is 0.127 e. The van der Waals surface area contributed by atoms with Gasteiger partial charge in [-0.3, -0.25) is 0 Å². The van der Waals surface area contributed by atoms with Crippen molar-refractivity contribution in [3.8, 4) is 22.6 Å². The van der Waals surface area contributed by atoms with Crippen molar-refractivity contribution in [2.75, 3.05) is 66.1 Å². The second-order valence-corrected chi connectivity index (χ2v) is 15.6. The molecule has 0 saturated carbocycles. The molecule has 0 aromatic heterocycles. The normalized spacial score (nSPS) is 17.5. The van der Waals surface area contributed by atoms with Crippen molar-refractivity contribution >= 4 is 21.5 Å². The zero-order valence-corrected chi connectivity index (χ0v) is 30.6. The van der Waals surface area contributed by atoms with E-state index in [0.717, 1.165) is 59.5 Å². The van der Waals surface area contributed by atoms with Gasteiger partial charge in [0.05, 0.1) is 58.3 Å². The number of ether oxygens (including phenoxy) is 6. The summed E-state index contributed by atoms with van der Waals surface area (Å²) in [6.07, 6.45) is 0. The van der Waals surface area contributed by atoms with Crippen LogP contribution in [0.2, 0.25) is 0 Å². The highest BCUT2D eigenvalue weighted by atomic mass is 16.5. The lowest BCUT2D eigenvalue weighted by Crippen LogP contribution is -2.43. The molecule has 3 aliphatic rings. The second-order valence-electron chi connectivity index (χ2n) is 15.6. The third-order valence-electron chi connectivity index (χ3n) is 11.2. The molecule has 0 N–H and O–H groups in total. The van der Waals surface area contributed by atoms with E-state index in [1.807, 2.05) is 0 Å². The average molecular weight is 707 g/mol. The van der Waals surface area contributed by atoms with E-state index in [4.69, 9.17) is 28.4 Å². The van der Waals surface area contributed by atoms with Crippen molar-refractivity contribution < 1.29 is 28.4 Å². The molecule has 2 heterocycles. The highest BCUT2D eigenvalue weighted by Gasteiger charge is 2.47. The Bertz CT molecular complexity index is 2110. The summed E-state index contributed by atoms with van der Waals surface area (Å²) < 4.78 is 35.7. The molecule has 1 aliphatic carbocycles. The van der Waals surface area contributed by atoms with E-state index in [1.54, 1.807) is 0 Å². The first kappa shape index (κ1) is 34.1. The van der Waals surface area contributed by atoms with E-state index in [2.05, 4.69) is 135 Å². The van der Waals surface area contributed by atoms with Crippen molar-refractivity contribution in [3.63, 3.8) is 0 Å². The van der Waals surface area contributed by atoms with Crippen LogP contribution in [-0.4, -0.2) is 66.1 Å². The van der Waals surface area contributed by atoms with Gasteiger partial charge < -0.3 is 28.4 Å². The Hall–Kier alpha value is -4.72. The van der Waals surface area contributed by atoms with Gasteiger partial charge in [-0.1, -0.05) is 123 Å². The molecule has 270 valence electrons. The van der Waals surface area contributed by atoms with E-state index < -0.39 is 5.41 Å². The molecule has 0 radical (unpaired) electrons. The molecule has 6 aromatic rings. The molecular formula is C47H46O6. The predicted molar refractivity (Wildman–Crippen MR) is 209 cm³/mol. The van der Waals surface area contributed by atoms with Gasteiger partial charge in [0, 0.05) is 21.6 Å². The molecule has 9 rings (SSSR count). The molecule has 2 fully saturated rings. The van der Waals surface area contributed by atoms with Crippen LogP contribution in [0.5, 0.6) is 11.5 Å². The van der Waals surface area contributed by atoms with Crippen LogP contribution in [0, 0.1) is 10.8 Å². The highest BCUT2D eigenvalue weighted by molar-refractivity contribution is 6.00. The van der Waals surface area contributed by atoms with Crippen molar-refractivity contribution in [1.82, 2.24) is 0 Å². The lowest BCUT2D eigenvalue weighted by molar-refractivity contribution is -0.139. The minimum Gasteiger partial charge on any atom is -0.491 e. The fraction of sp³-hybridized carbons (Fsp3) is 0.319. The van der Waals surface area contributed by atoms with Crippen molar-refractivity contribution in [3.05, 3.63) is 144 Å². The molecule has 53 heavy (non-hydrogen) atoms. The Morgan fingerprint density at radius 3 is 1.26 bits per heavy atom. The topological polar surface area (TPSA) is 55.4 Å². The molecule has 6 aromatic carbocycles. The molecule has 6 nitrogen and oxygen atoms in total. The maximum absolute atomic E-state index is 6.46. The molecule has 0 spiro atoms. The van der Waals surface area contributed by atoms with Gasteiger partial charge >= 0.3 is 0 Å². The third kappa shape index (κ3) is 5.98. The van der Waals surface area contributed by atoms with Crippen LogP contribution in [0.1, 0.15) is 36.1 Å². The van der Waals surface area contributed by atoms with E-state index in [-0.39, 0.29) is 10.8 Å². The zero-order chi connectivity index (χ0) is 35.9. The Balaban J connectivity index is 1.13. The van der Waals surface area contributed by atoms with Gasteiger partial charge in [0.15, 0.2) is 0 Å². The average Bonchev–Trinajstić information content (AvgIpc) is 3.46. The zero-order valence-electron chi connectivity index (χ0n) is 30.6. The summed E-state index contributed by atoms with van der Waals surface area (Å²) in [7, 11) is 0.